The molecular weight excluding hydrogens is 278 g/mol. The van der Waals surface area contributed by atoms with Gasteiger partial charge in [0.25, 0.3) is 0 Å². The molecule has 0 aromatic rings. The summed E-state index contributed by atoms with van der Waals surface area (Å²) in [5, 5.41) is 5.97. The van der Waals surface area contributed by atoms with Crippen LogP contribution in [0.2, 0.25) is 0 Å². The molecule has 0 bridgehead atoms. The lowest BCUT2D eigenvalue weighted by molar-refractivity contribution is -0.128. The largest absolute Gasteiger partial charge is 0.355 e. The fourth-order valence-corrected chi connectivity index (χ4v) is 3.76. The summed E-state index contributed by atoms with van der Waals surface area (Å²) in [4.78, 5) is 24.2. The Morgan fingerprint density at radius 2 is 1.77 bits per heavy atom. The molecular formula is C17H31N3O2. The Morgan fingerprint density at radius 3 is 2.45 bits per heavy atom. The predicted octanol–water partition coefficient (Wildman–Crippen LogP) is 1.85. The summed E-state index contributed by atoms with van der Waals surface area (Å²) in [5.41, 5.74) is 5.83. The Labute approximate surface area is 133 Å². The SMILES string of the molecule is CC1(N)CCCCC1C(=O)NCCC(=O)NC1CCCCC1. The first kappa shape index (κ1) is 17.3. The summed E-state index contributed by atoms with van der Waals surface area (Å²) in [6.07, 6.45) is 10.1. The molecule has 5 nitrogen and oxygen atoms in total. The van der Waals surface area contributed by atoms with Gasteiger partial charge in [0.15, 0.2) is 0 Å². The number of amides is 2. The minimum absolute atomic E-state index is 0.00941. The third kappa shape index (κ3) is 4.97. The van der Waals surface area contributed by atoms with E-state index in [0.717, 1.165) is 38.5 Å². The van der Waals surface area contributed by atoms with E-state index in [4.69, 9.17) is 5.73 Å². The molecule has 4 N–H and O–H groups in total. The maximum Gasteiger partial charge on any atom is 0.224 e. The van der Waals surface area contributed by atoms with Crippen LogP contribution in [0.4, 0.5) is 0 Å². The van der Waals surface area contributed by atoms with E-state index in [2.05, 4.69) is 10.6 Å². The minimum Gasteiger partial charge on any atom is -0.355 e. The molecule has 126 valence electrons. The molecule has 22 heavy (non-hydrogen) atoms. The van der Waals surface area contributed by atoms with Crippen LogP contribution in [0.1, 0.15) is 71.1 Å². The van der Waals surface area contributed by atoms with Crippen molar-refractivity contribution in [3.8, 4) is 0 Å². The Balaban J connectivity index is 1.66. The van der Waals surface area contributed by atoms with E-state index in [1.54, 1.807) is 0 Å². The molecule has 0 aromatic heterocycles. The van der Waals surface area contributed by atoms with Crippen molar-refractivity contribution in [3.63, 3.8) is 0 Å². The number of hydrogen-bond donors (Lipinski definition) is 3. The lowest BCUT2D eigenvalue weighted by Crippen LogP contribution is -2.53. The second-order valence-electron chi connectivity index (χ2n) is 7.25. The Kier molecular flexibility index (Phi) is 6.24. The highest BCUT2D eigenvalue weighted by atomic mass is 16.2. The van der Waals surface area contributed by atoms with Crippen molar-refractivity contribution in [2.24, 2.45) is 11.7 Å². The molecule has 0 radical (unpaired) electrons. The molecule has 0 spiro atoms. The zero-order chi connectivity index (χ0) is 16.0. The molecule has 2 amide bonds. The summed E-state index contributed by atoms with van der Waals surface area (Å²) in [7, 11) is 0. The van der Waals surface area contributed by atoms with Crippen molar-refractivity contribution in [2.75, 3.05) is 6.54 Å². The molecule has 0 aliphatic heterocycles. The van der Waals surface area contributed by atoms with Crippen LogP contribution in [-0.2, 0) is 9.59 Å². The van der Waals surface area contributed by atoms with Crippen LogP contribution in [0.3, 0.4) is 0 Å². The quantitative estimate of drug-likeness (QED) is 0.724. The molecule has 0 aromatic carbocycles. The molecule has 2 fully saturated rings. The van der Waals surface area contributed by atoms with E-state index in [1.165, 1.54) is 19.3 Å². The zero-order valence-corrected chi connectivity index (χ0v) is 13.8. The van der Waals surface area contributed by atoms with Gasteiger partial charge in [-0.25, -0.2) is 0 Å². The van der Waals surface area contributed by atoms with Crippen molar-refractivity contribution in [3.05, 3.63) is 0 Å². The normalized spacial score (nSPS) is 29.8. The summed E-state index contributed by atoms with van der Waals surface area (Å²) >= 11 is 0. The molecule has 2 atom stereocenters. The minimum atomic E-state index is -0.410. The van der Waals surface area contributed by atoms with E-state index in [9.17, 15) is 9.59 Å². The predicted molar refractivity (Wildman–Crippen MR) is 87.2 cm³/mol. The maximum atomic E-state index is 12.3. The van der Waals surface area contributed by atoms with Crippen molar-refractivity contribution >= 4 is 11.8 Å². The fourth-order valence-electron chi connectivity index (χ4n) is 3.76. The highest BCUT2D eigenvalue weighted by Crippen LogP contribution is 2.31. The first-order valence-corrected chi connectivity index (χ1v) is 8.85. The lowest BCUT2D eigenvalue weighted by Gasteiger charge is -2.37. The van der Waals surface area contributed by atoms with Gasteiger partial charge >= 0.3 is 0 Å². The van der Waals surface area contributed by atoms with Gasteiger partial charge in [0.2, 0.25) is 11.8 Å². The average Bonchev–Trinajstić information content (AvgIpc) is 2.47. The van der Waals surface area contributed by atoms with Gasteiger partial charge in [-0.2, -0.15) is 0 Å². The highest BCUT2D eigenvalue weighted by molar-refractivity contribution is 5.81. The summed E-state index contributed by atoms with van der Waals surface area (Å²) < 4.78 is 0. The highest BCUT2D eigenvalue weighted by Gasteiger charge is 2.37. The van der Waals surface area contributed by atoms with Crippen LogP contribution >= 0.6 is 0 Å². The number of carbonyl (C=O) groups is 2. The summed E-state index contributed by atoms with van der Waals surface area (Å²) in [6.45, 7) is 2.37. The van der Waals surface area contributed by atoms with Crippen LogP contribution in [0.15, 0.2) is 0 Å². The Bertz CT molecular complexity index is 389. The molecule has 2 saturated carbocycles. The van der Waals surface area contributed by atoms with Gasteiger partial charge in [0.05, 0.1) is 5.92 Å². The topological polar surface area (TPSA) is 84.2 Å². The van der Waals surface area contributed by atoms with Gasteiger partial charge in [-0.1, -0.05) is 32.1 Å². The maximum absolute atomic E-state index is 12.3. The van der Waals surface area contributed by atoms with Crippen LogP contribution in [0.25, 0.3) is 0 Å². The lowest BCUT2D eigenvalue weighted by atomic mass is 9.74. The molecule has 2 rings (SSSR count). The number of nitrogens with one attached hydrogen (secondary N) is 2. The fraction of sp³-hybridized carbons (Fsp3) is 0.882. The second-order valence-corrected chi connectivity index (χ2v) is 7.25. The third-order valence-electron chi connectivity index (χ3n) is 5.19. The number of hydrogen-bond acceptors (Lipinski definition) is 3. The van der Waals surface area contributed by atoms with Crippen molar-refractivity contribution in [1.29, 1.82) is 0 Å². The van der Waals surface area contributed by atoms with Crippen molar-refractivity contribution in [1.82, 2.24) is 10.6 Å². The standard InChI is InChI=1S/C17H31N3O2/c1-17(18)11-6-5-9-14(17)16(22)19-12-10-15(21)20-13-7-3-2-4-8-13/h13-14H,2-12,18H2,1H3,(H,19,22)(H,20,21). The Morgan fingerprint density at radius 1 is 1.09 bits per heavy atom. The second kappa shape index (κ2) is 7.95. The molecule has 2 aliphatic rings. The van der Waals surface area contributed by atoms with E-state index in [1.807, 2.05) is 6.92 Å². The van der Waals surface area contributed by atoms with Crippen LogP contribution < -0.4 is 16.4 Å². The van der Waals surface area contributed by atoms with Crippen LogP contribution in [0, 0.1) is 5.92 Å². The zero-order valence-electron chi connectivity index (χ0n) is 13.8. The van der Waals surface area contributed by atoms with Gasteiger partial charge in [-0.05, 0) is 32.6 Å². The monoisotopic (exact) mass is 309 g/mol. The van der Waals surface area contributed by atoms with Crippen molar-refractivity contribution < 1.29 is 9.59 Å². The molecule has 2 aliphatic carbocycles. The average molecular weight is 309 g/mol. The first-order valence-electron chi connectivity index (χ1n) is 8.85. The van der Waals surface area contributed by atoms with Gasteiger partial charge in [-0.15, -0.1) is 0 Å². The van der Waals surface area contributed by atoms with Crippen molar-refractivity contribution in [2.45, 2.75) is 82.7 Å². The molecule has 5 heteroatoms. The summed E-state index contributed by atoms with van der Waals surface area (Å²) in [6, 6.07) is 0.336. The summed E-state index contributed by atoms with van der Waals surface area (Å²) in [5.74, 6) is -0.0656. The number of carbonyl (C=O) groups excluding carboxylic acids is 2. The van der Waals surface area contributed by atoms with Crippen LogP contribution in [0.5, 0.6) is 0 Å². The number of nitrogens with two attached hydrogens (primary N) is 1. The van der Waals surface area contributed by atoms with Gasteiger partial charge in [0.1, 0.15) is 0 Å². The van der Waals surface area contributed by atoms with Gasteiger partial charge in [0, 0.05) is 24.5 Å². The van der Waals surface area contributed by atoms with Crippen LogP contribution in [-0.4, -0.2) is 29.9 Å². The molecule has 0 saturated heterocycles. The number of rotatable bonds is 5. The van der Waals surface area contributed by atoms with Gasteiger partial charge < -0.3 is 16.4 Å². The molecule has 2 unspecified atom stereocenters. The van der Waals surface area contributed by atoms with E-state index in [0.29, 0.717) is 19.0 Å². The smallest absolute Gasteiger partial charge is 0.224 e. The van der Waals surface area contributed by atoms with E-state index < -0.39 is 5.54 Å². The Hall–Kier alpha value is -1.10. The third-order valence-corrected chi connectivity index (χ3v) is 5.19. The van der Waals surface area contributed by atoms with E-state index >= 15 is 0 Å². The van der Waals surface area contributed by atoms with E-state index in [-0.39, 0.29) is 17.7 Å². The molecule has 0 heterocycles. The first-order chi connectivity index (χ1) is 10.5. The van der Waals surface area contributed by atoms with Gasteiger partial charge in [-0.3, -0.25) is 9.59 Å².